The minimum Gasteiger partial charge on any atom is -0.397 e. The summed E-state index contributed by atoms with van der Waals surface area (Å²) in [5.41, 5.74) is 8.48. The lowest BCUT2D eigenvalue weighted by Crippen LogP contribution is -2.03. The molecule has 0 aliphatic rings. The number of aromatic nitrogens is 2. The zero-order chi connectivity index (χ0) is 12.6. The molecule has 0 amide bonds. The molecule has 2 N–H and O–H groups in total. The average Bonchev–Trinajstić information content (AvgIpc) is 2.72. The summed E-state index contributed by atoms with van der Waals surface area (Å²) in [6.07, 6.45) is 1.85. The van der Waals surface area contributed by atoms with Gasteiger partial charge in [-0.3, -0.25) is 0 Å². The van der Waals surface area contributed by atoms with E-state index in [1.165, 1.54) is 6.07 Å². The van der Waals surface area contributed by atoms with Crippen LogP contribution in [0, 0.1) is 12.7 Å². The van der Waals surface area contributed by atoms with Crippen LogP contribution in [0.4, 0.5) is 10.1 Å². The van der Waals surface area contributed by atoms with Gasteiger partial charge >= 0.3 is 0 Å². The molecule has 0 saturated heterocycles. The fraction of sp³-hybridized carbons (Fsp3) is 0.308. The van der Waals surface area contributed by atoms with Gasteiger partial charge in [0.15, 0.2) is 0 Å². The Morgan fingerprint density at radius 3 is 2.65 bits per heavy atom. The van der Waals surface area contributed by atoms with E-state index in [0.29, 0.717) is 17.2 Å². The molecule has 1 aromatic carbocycles. The smallest absolute Gasteiger partial charge is 0.128 e. The fourth-order valence-corrected chi connectivity index (χ4v) is 1.66. The summed E-state index contributed by atoms with van der Waals surface area (Å²) in [6.45, 7) is 5.86. The molecule has 0 spiro atoms. The summed E-state index contributed by atoms with van der Waals surface area (Å²) in [4.78, 5) is 0. The molecular weight excluding hydrogens is 217 g/mol. The van der Waals surface area contributed by atoms with Crippen molar-refractivity contribution in [1.29, 1.82) is 0 Å². The summed E-state index contributed by atoms with van der Waals surface area (Å²) < 4.78 is 15.0. The van der Waals surface area contributed by atoms with E-state index in [4.69, 9.17) is 5.73 Å². The fourth-order valence-electron chi connectivity index (χ4n) is 1.66. The van der Waals surface area contributed by atoms with E-state index in [1.807, 2.05) is 12.3 Å². The maximum Gasteiger partial charge on any atom is 0.128 e. The molecule has 0 aliphatic heterocycles. The first-order chi connectivity index (χ1) is 7.99. The van der Waals surface area contributed by atoms with Crippen molar-refractivity contribution in [3.05, 3.63) is 41.5 Å². The maximum atomic E-state index is 13.3. The van der Waals surface area contributed by atoms with Crippen LogP contribution in [0.25, 0.3) is 5.69 Å². The van der Waals surface area contributed by atoms with Crippen molar-refractivity contribution in [3.8, 4) is 5.69 Å². The highest BCUT2D eigenvalue weighted by molar-refractivity contribution is 5.59. The van der Waals surface area contributed by atoms with Crippen LogP contribution in [-0.4, -0.2) is 9.78 Å². The molecule has 2 rings (SSSR count). The summed E-state index contributed by atoms with van der Waals surface area (Å²) in [6, 6.07) is 4.99. The van der Waals surface area contributed by atoms with Crippen molar-refractivity contribution >= 4 is 5.69 Å². The molecule has 0 saturated carbocycles. The van der Waals surface area contributed by atoms with E-state index in [2.05, 4.69) is 18.9 Å². The van der Waals surface area contributed by atoms with Gasteiger partial charge in [-0.1, -0.05) is 13.8 Å². The first-order valence-corrected chi connectivity index (χ1v) is 5.60. The number of hydrogen-bond acceptors (Lipinski definition) is 2. The van der Waals surface area contributed by atoms with E-state index < -0.39 is 0 Å². The number of nitrogens with two attached hydrogens (primary N) is 1. The SMILES string of the molecule is Cc1cc(-n2ccc(C(C)C)n2)c(N)cc1F. The second kappa shape index (κ2) is 4.20. The Kier molecular flexibility index (Phi) is 2.88. The number of hydrogen-bond donors (Lipinski definition) is 1. The van der Waals surface area contributed by atoms with Crippen LogP contribution in [-0.2, 0) is 0 Å². The standard InChI is InChI=1S/C13H16FN3/c1-8(2)12-4-5-17(16-12)13-6-9(3)10(14)7-11(13)15/h4-8H,15H2,1-3H3. The maximum absolute atomic E-state index is 13.3. The molecule has 3 nitrogen and oxygen atoms in total. The van der Waals surface area contributed by atoms with Crippen molar-refractivity contribution in [2.75, 3.05) is 5.73 Å². The van der Waals surface area contributed by atoms with Crippen molar-refractivity contribution < 1.29 is 4.39 Å². The molecule has 4 heteroatoms. The van der Waals surface area contributed by atoms with E-state index in [9.17, 15) is 4.39 Å². The predicted molar refractivity (Wildman–Crippen MR) is 66.8 cm³/mol. The molecule has 0 atom stereocenters. The molecule has 0 aliphatic carbocycles. The lowest BCUT2D eigenvalue weighted by molar-refractivity contribution is 0.618. The second-order valence-corrected chi connectivity index (χ2v) is 4.50. The summed E-state index contributed by atoms with van der Waals surface area (Å²) in [5, 5.41) is 4.43. The van der Waals surface area contributed by atoms with Gasteiger partial charge in [-0.15, -0.1) is 0 Å². The van der Waals surface area contributed by atoms with Crippen molar-refractivity contribution in [2.45, 2.75) is 26.7 Å². The molecule has 17 heavy (non-hydrogen) atoms. The number of nitrogens with zero attached hydrogens (tertiary/aromatic N) is 2. The van der Waals surface area contributed by atoms with Crippen LogP contribution in [0.5, 0.6) is 0 Å². The number of halogens is 1. The van der Waals surface area contributed by atoms with Crippen LogP contribution >= 0.6 is 0 Å². The first kappa shape index (κ1) is 11.6. The number of rotatable bonds is 2. The van der Waals surface area contributed by atoms with Gasteiger partial charge in [0.1, 0.15) is 5.82 Å². The van der Waals surface area contributed by atoms with Crippen molar-refractivity contribution in [2.24, 2.45) is 0 Å². The molecule has 2 aromatic rings. The summed E-state index contributed by atoms with van der Waals surface area (Å²) in [5.74, 6) is 0.0708. The Morgan fingerprint density at radius 2 is 2.06 bits per heavy atom. The van der Waals surface area contributed by atoms with Gasteiger partial charge in [0, 0.05) is 6.20 Å². The second-order valence-electron chi connectivity index (χ2n) is 4.50. The van der Waals surface area contributed by atoms with E-state index in [0.717, 1.165) is 11.4 Å². The molecule has 0 unspecified atom stereocenters. The molecule has 1 heterocycles. The van der Waals surface area contributed by atoms with Gasteiger partial charge in [-0.05, 0) is 36.6 Å². The third-order valence-electron chi connectivity index (χ3n) is 2.76. The molecule has 0 bridgehead atoms. The van der Waals surface area contributed by atoms with E-state index >= 15 is 0 Å². The lowest BCUT2D eigenvalue weighted by Gasteiger charge is -2.08. The van der Waals surface area contributed by atoms with Gasteiger partial charge in [-0.25, -0.2) is 9.07 Å². The van der Waals surface area contributed by atoms with Crippen LogP contribution in [0.2, 0.25) is 0 Å². The highest BCUT2D eigenvalue weighted by atomic mass is 19.1. The van der Waals surface area contributed by atoms with Crippen molar-refractivity contribution in [3.63, 3.8) is 0 Å². The Hall–Kier alpha value is -1.84. The lowest BCUT2D eigenvalue weighted by atomic mass is 10.1. The first-order valence-electron chi connectivity index (χ1n) is 5.60. The zero-order valence-electron chi connectivity index (χ0n) is 10.2. The Morgan fingerprint density at radius 1 is 1.35 bits per heavy atom. The Labute approximate surface area is 100 Å². The van der Waals surface area contributed by atoms with Gasteiger partial charge in [0.05, 0.1) is 17.1 Å². The normalized spacial score (nSPS) is 11.1. The summed E-state index contributed by atoms with van der Waals surface area (Å²) >= 11 is 0. The number of benzene rings is 1. The monoisotopic (exact) mass is 233 g/mol. The minimum atomic E-state index is -0.289. The van der Waals surface area contributed by atoms with Gasteiger partial charge in [-0.2, -0.15) is 5.10 Å². The van der Waals surface area contributed by atoms with Gasteiger partial charge < -0.3 is 5.73 Å². The minimum absolute atomic E-state index is 0.289. The highest BCUT2D eigenvalue weighted by Crippen LogP contribution is 2.22. The van der Waals surface area contributed by atoms with Crippen LogP contribution < -0.4 is 5.73 Å². The van der Waals surface area contributed by atoms with Gasteiger partial charge in [0.25, 0.3) is 0 Å². The van der Waals surface area contributed by atoms with E-state index in [-0.39, 0.29) is 5.82 Å². The van der Waals surface area contributed by atoms with Gasteiger partial charge in [0.2, 0.25) is 0 Å². The third kappa shape index (κ3) is 2.16. The number of nitrogen functional groups attached to an aromatic ring is 1. The van der Waals surface area contributed by atoms with Crippen LogP contribution in [0.15, 0.2) is 24.4 Å². The molecule has 0 radical (unpaired) electrons. The third-order valence-corrected chi connectivity index (χ3v) is 2.76. The number of anilines is 1. The molecule has 1 aromatic heterocycles. The molecular formula is C13H16FN3. The highest BCUT2D eigenvalue weighted by Gasteiger charge is 2.09. The number of aryl methyl sites for hydroxylation is 1. The molecule has 90 valence electrons. The quantitative estimate of drug-likeness (QED) is 0.810. The van der Waals surface area contributed by atoms with Crippen molar-refractivity contribution in [1.82, 2.24) is 9.78 Å². The average molecular weight is 233 g/mol. The summed E-state index contributed by atoms with van der Waals surface area (Å²) in [7, 11) is 0. The van der Waals surface area contributed by atoms with Crippen LogP contribution in [0.3, 0.4) is 0 Å². The Bertz CT molecular complexity index is 544. The molecule has 0 fully saturated rings. The largest absolute Gasteiger partial charge is 0.397 e. The topological polar surface area (TPSA) is 43.8 Å². The predicted octanol–water partition coefficient (Wildman–Crippen LogP) is 3.03. The zero-order valence-corrected chi connectivity index (χ0v) is 10.2. The van der Waals surface area contributed by atoms with Crippen LogP contribution in [0.1, 0.15) is 31.0 Å². The van der Waals surface area contributed by atoms with E-state index in [1.54, 1.807) is 17.7 Å². The Balaban J connectivity index is 2.49.